The minimum absolute atomic E-state index is 0.0660. The lowest BCUT2D eigenvalue weighted by Crippen LogP contribution is -2.47. The Hall–Kier alpha value is -2.50. The van der Waals surface area contributed by atoms with Gasteiger partial charge in [0.15, 0.2) is 0 Å². The molecule has 3 atom stereocenters. The Morgan fingerprint density at radius 2 is 2.22 bits per heavy atom. The zero-order valence-corrected chi connectivity index (χ0v) is 13.0. The molecule has 3 unspecified atom stereocenters. The van der Waals surface area contributed by atoms with Gasteiger partial charge in [0.1, 0.15) is 11.9 Å². The highest BCUT2D eigenvalue weighted by atomic mass is 16.5. The number of H-pyrrole nitrogens is 1. The molecule has 120 valence electrons. The number of aromatic amines is 1. The summed E-state index contributed by atoms with van der Waals surface area (Å²) in [5.74, 6) is 0.852. The fourth-order valence-electron chi connectivity index (χ4n) is 3.46. The Kier molecular flexibility index (Phi) is 3.44. The molecule has 1 aromatic carbocycles. The van der Waals surface area contributed by atoms with Crippen molar-refractivity contribution in [2.75, 3.05) is 0 Å². The summed E-state index contributed by atoms with van der Waals surface area (Å²) in [6.07, 6.45) is 4.50. The summed E-state index contributed by atoms with van der Waals surface area (Å²) >= 11 is 0. The highest BCUT2D eigenvalue weighted by Crippen LogP contribution is 2.36. The zero-order chi connectivity index (χ0) is 15.8. The summed E-state index contributed by atoms with van der Waals surface area (Å²) in [4.78, 5) is 12.4. The molecule has 0 saturated heterocycles. The van der Waals surface area contributed by atoms with Crippen LogP contribution >= 0.6 is 0 Å². The second-order valence-electron chi connectivity index (χ2n) is 6.27. The molecule has 0 saturated carbocycles. The Bertz CT molecular complexity index is 727. The number of nitrogens with zero attached hydrogens (tertiary/aromatic N) is 1. The molecule has 3 N–H and O–H groups in total. The largest absolute Gasteiger partial charge is 0.488 e. The van der Waals surface area contributed by atoms with Crippen molar-refractivity contribution in [3.05, 3.63) is 47.3 Å². The van der Waals surface area contributed by atoms with Gasteiger partial charge in [-0.3, -0.25) is 5.10 Å². The third kappa shape index (κ3) is 2.65. The number of hydrogen-bond acceptors (Lipinski definition) is 3. The second-order valence-corrected chi connectivity index (χ2v) is 6.27. The molecule has 2 aromatic rings. The number of ether oxygens (including phenoxy) is 1. The molecule has 0 fully saturated rings. The van der Waals surface area contributed by atoms with Crippen LogP contribution in [0.2, 0.25) is 0 Å². The lowest BCUT2D eigenvalue weighted by molar-refractivity contribution is 0.197. The van der Waals surface area contributed by atoms with Gasteiger partial charge in [0, 0.05) is 23.7 Å². The fraction of sp³-hybridized carbons (Fsp3) is 0.412. The molecule has 0 bridgehead atoms. The van der Waals surface area contributed by atoms with Crippen molar-refractivity contribution in [1.82, 2.24) is 20.8 Å². The van der Waals surface area contributed by atoms with Crippen LogP contribution in [-0.4, -0.2) is 28.4 Å². The van der Waals surface area contributed by atoms with Gasteiger partial charge in [-0.15, -0.1) is 0 Å². The number of hydrogen-bond donors (Lipinski definition) is 3. The van der Waals surface area contributed by atoms with Crippen LogP contribution in [0.1, 0.15) is 36.2 Å². The van der Waals surface area contributed by atoms with Gasteiger partial charge >= 0.3 is 6.03 Å². The maximum atomic E-state index is 12.4. The topological polar surface area (TPSA) is 79.0 Å². The number of carbonyl (C=O) groups excluding carboxylic acids is 1. The average Bonchev–Trinajstić information content (AvgIpc) is 3.12. The molecule has 2 amide bonds. The van der Waals surface area contributed by atoms with Crippen molar-refractivity contribution in [2.45, 2.75) is 44.4 Å². The van der Waals surface area contributed by atoms with Crippen LogP contribution in [0.25, 0.3) is 0 Å². The van der Waals surface area contributed by atoms with Crippen LogP contribution in [0.4, 0.5) is 4.79 Å². The minimum Gasteiger partial charge on any atom is -0.488 e. The van der Waals surface area contributed by atoms with Crippen LogP contribution in [0.5, 0.6) is 5.75 Å². The third-order valence-corrected chi connectivity index (χ3v) is 4.68. The third-order valence-electron chi connectivity index (χ3n) is 4.68. The first-order chi connectivity index (χ1) is 11.2. The molecule has 1 aliphatic heterocycles. The van der Waals surface area contributed by atoms with E-state index in [0.29, 0.717) is 0 Å². The van der Waals surface area contributed by atoms with Gasteiger partial charge in [0.25, 0.3) is 0 Å². The minimum atomic E-state index is -0.143. The van der Waals surface area contributed by atoms with Crippen molar-refractivity contribution >= 4 is 6.03 Å². The van der Waals surface area contributed by atoms with Crippen molar-refractivity contribution in [2.24, 2.45) is 0 Å². The number of para-hydroxylation sites is 1. The van der Waals surface area contributed by atoms with E-state index in [9.17, 15) is 4.79 Å². The number of fused-ring (bicyclic) bond motifs is 2. The molecule has 0 spiro atoms. The lowest BCUT2D eigenvalue weighted by Gasteiger charge is -2.24. The Morgan fingerprint density at radius 1 is 1.35 bits per heavy atom. The lowest BCUT2D eigenvalue weighted by atomic mass is 9.94. The molecule has 23 heavy (non-hydrogen) atoms. The Morgan fingerprint density at radius 3 is 3.13 bits per heavy atom. The number of carbonyl (C=O) groups is 1. The van der Waals surface area contributed by atoms with Crippen LogP contribution in [0.3, 0.4) is 0 Å². The number of amides is 2. The van der Waals surface area contributed by atoms with Crippen LogP contribution in [0, 0.1) is 0 Å². The predicted octanol–water partition coefficient (Wildman–Crippen LogP) is 2.09. The van der Waals surface area contributed by atoms with E-state index in [1.54, 1.807) is 0 Å². The molecular formula is C17H20N4O2. The van der Waals surface area contributed by atoms with E-state index in [4.69, 9.17) is 4.74 Å². The Balaban J connectivity index is 1.39. The summed E-state index contributed by atoms with van der Waals surface area (Å²) in [7, 11) is 0. The monoisotopic (exact) mass is 312 g/mol. The van der Waals surface area contributed by atoms with Crippen molar-refractivity contribution < 1.29 is 9.53 Å². The maximum Gasteiger partial charge on any atom is 0.315 e. The van der Waals surface area contributed by atoms with Crippen molar-refractivity contribution in [3.8, 4) is 5.75 Å². The first-order valence-corrected chi connectivity index (χ1v) is 8.04. The molecule has 1 aliphatic carbocycles. The summed E-state index contributed by atoms with van der Waals surface area (Å²) in [6.45, 7) is 1.97. The highest BCUT2D eigenvalue weighted by molar-refractivity contribution is 5.75. The van der Waals surface area contributed by atoms with E-state index in [2.05, 4.69) is 20.8 Å². The fourth-order valence-corrected chi connectivity index (χ4v) is 3.46. The number of urea groups is 1. The molecule has 1 aromatic heterocycles. The molecule has 2 heterocycles. The van der Waals surface area contributed by atoms with Crippen LogP contribution in [-0.2, 0) is 12.8 Å². The standard InChI is InChI=1S/C17H20N4O2/c1-10-16(13-4-2-3-5-15(13)23-10)20-17(22)19-12-7-6-11-9-18-21-14(11)8-12/h2-5,9-10,12,16H,6-8H2,1H3,(H,18,21)(H2,19,20,22). The molecule has 6 heteroatoms. The SMILES string of the molecule is CC1Oc2ccccc2C1NC(=O)NC1CCc2cn[nH]c2C1. The molecule has 6 nitrogen and oxygen atoms in total. The van der Waals surface area contributed by atoms with Crippen molar-refractivity contribution in [3.63, 3.8) is 0 Å². The van der Waals surface area contributed by atoms with Crippen LogP contribution in [0.15, 0.2) is 30.5 Å². The second kappa shape index (κ2) is 5.61. The smallest absolute Gasteiger partial charge is 0.315 e. The normalized spacial score (nSPS) is 25.2. The van der Waals surface area contributed by atoms with Gasteiger partial charge in [0.2, 0.25) is 0 Å². The molecule has 2 aliphatic rings. The highest BCUT2D eigenvalue weighted by Gasteiger charge is 2.32. The summed E-state index contributed by atoms with van der Waals surface area (Å²) < 4.78 is 5.79. The Labute approximate surface area is 134 Å². The van der Waals surface area contributed by atoms with E-state index in [-0.39, 0.29) is 24.2 Å². The maximum absolute atomic E-state index is 12.4. The number of benzene rings is 1. The number of aromatic nitrogens is 2. The predicted molar refractivity (Wildman–Crippen MR) is 85.3 cm³/mol. The van der Waals surface area contributed by atoms with Gasteiger partial charge in [0.05, 0.1) is 12.2 Å². The molecular weight excluding hydrogens is 292 g/mol. The average molecular weight is 312 g/mol. The quantitative estimate of drug-likeness (QED) is 0.794. The van der Waals surface area contributed by atoms with Crippen LogP contribution < -0.4 is 15.4 Å². The summed E-state index contributed by atoms with van der Waals surface area (Å²) in [5, 5.41) is 13.2. The van der Waals surface area contributed by atoms with Gasteiger partial charge < -0.3 is 15.4 Å². The van der Waals surface area contributed by atoms with Gasteiger partial charge in [-0.1, -0.05) is 18.2 Å². The van der Waals surface area contributed by atoms with E-state index >= 15 is 0 Å². The molecule has 0 radical (unpaired) electrons. The number of nitrogens with one attached hydrogen (secondary N) is 3. The van der Waals surface area contributed by atoms with E-state index in [1.165, 1.54) is 5.56 Å². The summed E-state index contributed by atoms with van der Waals surface area (Å²) in [5.41, 5.74) is 3.43. The van der Waals surface area contributed by atoms with Crippen molar-refractivity contribution in [1.29, 1.82) is 0 Å². The van der Waals surface area contributed by atoms with Gasteiger partial charge in [-0.05, 0) is 31.4 Å². The van der Waals surface area contributed by atoms with E-state index in [0.717, 1.165) is 36.3 Å². The number of rotatable bonds is 2. The summed E-state index contributed by atoms with van der Waals surface area (Å²) in [6, 6.07) is 7.72. The van der Waals surface area contributed by atoms with E-state index < -0.39 is 0 Å². The van der Waals surface area contributed by atoms with E-state index in [1.807, 2.05) is 37.4 Å². The first kappa shape index (κ1) is 14.1. The number of aryl methyl sites for hydroxylation is 1. The first-order valence-electron chi connectivity index (χ1n) is 8.04. The van der Waals surface area contributed by atoms with Gasteiger partial charge in [-0.2, -0.15) is 5.10 Å². The molecule has 4 rings (SSSR count). The zero-order valence-electron chi connectivity index (χ0n) is 13.0. The van der Waals surface area contributed by atoms with Gasteiger partial charge in [-0.25, -0.2) is 4.79 Å².